The second-order valence-corrected chi connectivity index (χ2v) is 22.4. The molecule has 1 aliphatic carbocycles. The highest BCUT2D eigenvalue weighted by Gasteiger charge is 2.38. The molecule has 3 atom stereocenters. The fourth-order valence-electron chi connectivity index (χ4n) is 10.3. The molecule has 0 saturated heterocycles. The molecular weight excluding hydrogens is 853 g/mol. The summed E-state index contributed by atoms with van der Waals surface area (Å²) in [6.07, 6.45) is 12.5. The lowest BCUT2D eigenvalue weighted by Crippen LogP contribution is -2.34. The van der Waals surface area contributed by atoms with E-state index < -0.39 is 0 Å². The highest BCUT2D eigenvalue weighted by Crippen LogP contribution is 2.51. The van der Waals surface area contributed by atoms with E-state index in [-0.39, 0.29) is 52.5 Å². The average molecular weight is 937 g/mol. The van der Waals surface area contributed by atoms with Gasteiger partial charge in [-0.25, -0.2) is 0 Å². The van der Waals surface area contributed by atoms with Crippen LogP contribution in [0.1, 0.15) is 241 Å². The number of carbonyl (C=O) groups excluding carboxylic acids is 3. The summed E-state index contributed by atoms with van der Waals surface area (Å²) in [5.74, 6) is 0.215. The van der Waals surface area contributed by atoms with Crippen molar-refractivity contribution >= 4 is 40.3 Å². The second-order valence-electron chi connectivity index (χ2n) is 20.2. The Labute approximate surface area is 407 Å². The molecule has 1 aliphatic rings. The summed E-state index contributed by atoms with van der Waals surface area (Å²) in [5.41, 5.74) is 10.7. The minimum Gasteiger partial charge on any atom is -0.376 e. The molecular formula is C58H84N2O4S2. The number of nitrogens with one attached hydrogen (secondary N) is 2. The van der Waals surface area contributed by atoms with Crippen LogP contribution >= 0.6 is 22.7 Å². The number of ether oxygens (including phenoxy) is 1. The van der Waals surface area contributed by atoms with Crippen LogP contribution in [0.25, 0.3) is 20.9 Å². The highest BCUT2D eigenvalue weighted by atomic mass is 32.1. The number of benzene rings is 2. The molecule has 2 aromatic heterocycles. The van der Waals surface area contributed by atoms with Gasteiger partial charge in [0, 0.05) is 56.6 Å². The predicted octanol–water partition coefficient (Wildman–Crippen LogP) is 15.7. The van der Waals surface area contributed by atoms with Crippen LogP contribution in [0, 0.1) is 5.92 Å². The van der Waals surface area contributed by atoms with Gasteiger partial charge < -0.3 is 15.4 Å². The molecule has 2 heterocycles. The summed E-state index contributed by atoms with van der Waals surface area (Å²) in [5, 5.41) is 6.77. The van der Waals surface area contributed by atoms with Crippen molar-refractivity contribution in [2.24, 2.45) is 5.92 Å². The quantitative estimate of drug-likeness (QED) is 0.0611. The molecule has 3 unspecified atom stereocenters. The van der Waals surface area contributed by atoms with Crippen molar-refractivity contribution in [3.8, 4) is 20.9 Å². The summed E-state index contributed by atoms with van der Waals surface area (Å²) in [6.45, 7) is 31.1. The number of hydrogen-bond acceptors (Lipinski definition) is 6. The Bertz CT molecular complexity index is 2320. The molecule has 362 valence electrons. The van der Waals surface area contributed by atoms with E-state index in [0.29, 0.717) is 19.3 Å². The Hall–Kier alpha value is -3.59. The number of unbranched alkanes of at least 4 members (excludes halogenated alkanes) is 2. The van der Waals surface area contributed by atoms with Gasteiger partial charge >= 0.3 is 0 Å². The zero-order chi connectivity index (χ0) is 48.7. The lowest BCUT2D eigenvalue weighted by atomic mass is 9.69. The number of rotatable bonds is 25. The van der Waals surface area contributed by atoms with Crippen molar-refractivity contribution in [1.82, 2.24) is 10.6 Å². The first-order valence-electron chi connectivity index (χ1n) is 25.8. The molecule has 2 N–H and O–H groups in total. The zero-order valence-corrected chi connectivity index (χ0v) is 45.2. The Morgan fingerprint density at radius 3 is 1.71 bits per heavy atom. The minimum atomic E-state index is -0.282. The van der Waals surface area contributed by atoms with Gasteiger partial charge in [0.1, 0.15) is 0 Å². The lowest BCUT2D eigenvalue weighted by molar-refractivity contribution is 0.0641. The van der Waals surface area contributed by atoms with Crippen molar-refractivity contribution in [2.75, 3.05) is 7.11 Å². The van der Waals surface area contributed by atoms with E-state index in [4.69, 9.17) is 4.74 Å². The molecule has 0 aliphatic heterocycles. The van der Waals surface area contributed by atoms with E-state index in [1.807, 2.05) is 18.4 Å². The van der Waals surface area contributed by atoms with Crippen LogP contribution in [0.15, 0.2) is 30.3 Å². The summed E-state index contributed by atoms with van der Waals surface area (Å²) in [6, 6.07) is 10.9. The van der Waals surface area contributed by atoms with Gasteiger partial charge in [0.05, 0.1) is 15.9 Å². The monoisotopic (exact) mass is 937 g/mol. The van der Waals surface area contributed by atoms with Crippen LogP contribution in [0.2, 0.25) is 0 Å². The van der Waals surface area contributed by atoms with Gasteiger partial charge in [0.25, 0.3) is 11.8 Å². The van der Waals surface area contributed by atoms with Crippen molar-refractivity contribution in [3.63, 3.8) is 0 Å². The molecule has 0 saturated carbocycles. The molecule has 5 rings (SSSR count). The van der Waals surface area contributed by atoms with Crippen molar-refractivity contribution in [1.29, 1.82) is 0 Å². The van der Waals surface area contributed by atoms with E-state index in [9.17, 15) is 14.4 Å². The maximum Gasteiger partial charge on any atom is 0.251 e. The Kier molecular flexibility index (Phi) is 18.7. The van der Waals surface area contributed by atoms with Crippen molar-refractivity contribution in [3.05, 3.63) is 90.2 Å². The smallest absolute Gasteiger partial charge is 0.251 e. The van der Waals surface area contributed by atoms with Crippen LogP contribution in [0.3, 0.4) is 0 Å². The lowest BCUT2D eigenvalue weighted by Gasteiger charge is -2.36. The first-order valence-corrected chi connectivity index (χ1v) is 27.4. The second kappa shape index (κ2) is 23.1. The number of ketones is 1. The number of fused-ring (bicyclic) bond motifs is 3. The fraction of sp³-hybridized carbons (Fsp3) is 0.603. The maximum absolute atomic E-state index is 14.7. The number of aryl methyl sites for hydroxylation is 1. The third-order valence-electron chi connectivity index (χ3n) is 15.5. The van der Waals surface area contributed by atoms with Gasteiger partial charge in [-0.1, -0.05) is 115 Å². The molecule has 0 radical (unpaired) electrons. The van der Waals surface area contributed by atoms with E-state index in [0.717, 1.165) is 142 Å². The summed E-state index contributed by atoms with van der Waals surface area (Å²) < 4.78 is 6.56. The largest absolute Gasteiger partial charge is 0.376 e. The summed E-state index contributed by atoms with van der Waals surface area (Å²) >= 11 is 3.57. The Morgan fingerprint density at radius 1 is 0.652 bits per heavy atom. The zero-order valence-electron chi connectivity index (χ0n) is 43.5. The van der Waals surface area contributed by atoms with Gasteiger partial charge in [0.15, 0.2) is 5.78 Å². The number of amides is 2. The Morgan fingerprint density at radius 2 is 1.20 bits per heavy atom. The minimum absolute atomic E-state index is 0.0216. The van der Waals surface area contributed by atoms with Crippen LogP contribution in [0.5, 0.6) is 0 Å². The van der Waals surface area contributed by atoms with Crippen molar-refractivity contribution in [2.45, 2.75) is 216 Å². The standard InChI is InChI=1S/C58H84N2O4S2/c1-16-24-26-36(11)59-55(62)43-31-30-42(41(39(43)18-3)29-28-38-32-45-51(61)46-34-48(58(14,22-7)23-8)66-54(46)53(45)65-38)49-47(57(13,20-5)21-6)33-44(56(63)60-37(12)27-25-17-2)40(19-4)50(49)52(64-15)35(9)10/h30-37,52H,16-29H2,1-15H3,(H,59,62)(H,60,63). The SMILES string of the molecule is CCCCC(C)NC(=O)c1ccc(-c2c(C(C)(CC)CC)cc(C(=O)NC(C)CCCC)c(CC)c2C(OC)C(C)C)c(CCc2cc3c(s2)-c2sc(C(C)(CC)CC)cc2C3=O)c1CC. The van der Waals surface area contributed by atoms with Gasteiger partial charge in [-0.2, -0.15) is 0 Å². The normalized spacial score (nSPS) is 14.1. The molecule has 0 fully saturated rings. The number of hydrogen-bond donors (Lipinski definition) is 2. The van der Waals surface area contributed by atoms with Crippen molar-refractivity contribution < 1.29 is 19.1 Å². The van der Waals surface area contributed by atoms with Crippen LogP contribution in [-0.2, 0) is 41.3 Å². The number of carbonyl (C=O) groups is 3. The van der Waals surface area contributed by atoms with Gasteiger partial charge in [-0.05, 0) is 153 Å². The van der Waals surface area contributed by atoms with Gasteiger partial charge in [-0.15, -0.1) is 22.7 Å². The molecule has 2 amide bonds. The summed E-state index contributed by atoms with van der Waals surface area (Å²) in [7, 11) is 1.81. The van der Waals surface area contributed by atoms with Crippen LogP contribution in [-0.4, -0.2) is 36.8 Å². The Balaban J connectivity index is 1.80. The molecule has 8 heteroatoms. The third-order valence-corrected chi connectivity index (χ3v) is 18.3. The molecule has 4 aromatic rings. The van der Waals surface area contributed by atoms with E-state index in [2.05, 4.69) is 138 Å². The third kappa shape index (κ3) is 10.8. The maximum atomic E-state index is 14.7. The number of thiophene rings is 2. The van der Waals surface area contributed by atoms with Crippen LogP contribution in [0.4, 0.5) is 0 Å². The topological polar surface area (TPSA) is 84.5 Å². The van der Waals surface area contributed by atoms with Crippen LogP contribution < -0.4 is 10.6 Å². The van der Waals surface area contributed by atoms with E-state index in [1.165, 1.54) is 9.75 Å². The first-order chi connectivity index (χ1) is 31.5. The van der Waals surface area contributed by atoms with Gasteiger partial charge in [-0.3, -0.25) is 14.4 Å². The average Bonchev–Trinajstić information content (AvgIpc) is 4.01. The summed E-state index contributed by atoms with van der Waals surface area (Å²) in [4.78, 5) is 47.9. The highest BCUT2D eigenvalue weighted by molar-refractivity contribution is 7.23. The molecule has 2 aromatic carbocycles. The fourth-order valence-corrected chi connectivity index (χ4v) is 13.0. The molecule has 0 spiro atoms. The first kappa shape index (κ1) is 53.4. The molecule has 0 bridgehead atoms. The molecule has 6 nitrogen and oxygen atoms in total. The number of methoxy groups -OCH3 is 1. The predicted molar refractivity (Wildman–Crippen MR) is 282 cm³/mol. The van der Waals surface area contributed by atoms with Gasteiger partial charge in [0.2, 0.25) is 0 Å². The van der Waals surface area contributed by atoms with E-state index in [1.54, 1.807) is 11.3 Å². The molecule has 66 heavy (non-hydrogen) atoms. The van der Waals surface area contributed by atoms with E-state index >= 15 is 0 Å².